The Morgan fingerprint density at radius 1 is 1.05 bits per heavy atom. The molecule has 38 heavy (non-hydrogen) atoms. The van der Waals surface area contributed by atoms with Gasteiger partial charge in [-0.3, -0.25) is 14.6 Å². The van der Waals surface area contributed by atoms with Gasteiger partial charge in [-0.2, -0.15) is 0 Å². The molecule has 9 heteroatoms. The second-order valence-corrected chi connectivity index (χ2v) is 8.85. The van der Waals surface area contributed by atoms with E-state index in [0.717, 1.165) is 24.1 Å². The Balaban J connectivity index is 2.03. The fourth-order valence-corrected chi connectivity index (χ4v) is 3.71. The molecule has 0 fully saturated rings. The zero-order valence-electron chi connectivity index (χ0n) is 22.4. The van der Waals surface area contributed by atoms with Crippen molar-refractivity contribution in [1.29, 1.82) is 0 Å². The van der Waals surface area contributed by atoms with Crippen molar-refractivity contribution < 1.29 is 23.5 Å². The summed E-state index contributed by atoms with van der Waals surface area (Å²) >= 11 is 0. The number of carboxylic acids is 1. The van der Waals surface area contributed by atoms with Gasteiger partial charge >= 0.3 is 5.97 Å². The smallest absolute Gasteiger partial charge is 0.303 e. The number of amides is 1. The van der Waals surface area contributed by atoms with Crippen LogP contribution in [0.3, 0.4) is 0 Å². The predicted molar refractivity (Wildman–Crippen MR) is 150 cm³/mol. The first-order chi connectivity index (χ1) is 18.1. The van der Waals surface area contributed by atoms with Crippen molar-refractivity contribution in [2.24, 2.45) is 4.99 Å². The number of carboxylic acid groups (broad SMARTS) is 1. The summed E-state index contributed by atoms with van der Waals surface area (Å²) in [6.07, 6.45) is 4.29. The lowest BCUT2D eigenvalue weighted by molar-refractivity contribution is -0.137. The van der Waals surface area contributed by atoms with E-state index in [9.17, 15) is 18.4 Å². The number of benzene rings is 2. The fraction of sp³-hybridized carbons (Fsp3) is 0.345. The average Bonchev–Trinajstić information content (AvgIpc) is 2.90. The van der Waals surface area contributed by atoms with Gasteiger partial charge < -0.3 is 21.1 Å². The topological polar surface area (TPSA) is 103 Å². The number of nitrogens with one attached hydrogen (secondary N) is 3. The highest BCUT2D eigenvalue weighted by Crippen LogP contribution is 2.25. The van der Waals surface area contributed by atoms with E-state index in [4.69, 9.17) is 5.11 Å². The molecule has 7 nitrogen and oxygen atoms in total. The highest BCUT2D eigenvalue weighted by Gasteiger charge is 2.14. The number of aryl methyl sites for hydroxylation is 1. The number of allylic oxidation sites excluding steroid dienone is 2. The molecule has 1 amide bonds. The largest absolute Gasteiger partial charge is 0.481 e. The first-order valence-electron chi connectivity index (χ1n) is 12.6. The Morgan fingerprint density at radius 2 is 1.76 bits per heavy atom. The minimum absolute atomic E-state index is 0.0826. The van der Waals surface area contributed by atoms with Crippen molar-refractivity contribution in [1.82, 2.24) is 5.32 Å². The zero-order chi connectivity index (χ0) is 28.2. The van der Waals surface area contributed by atoms with Crippen LogP contribution in [0.4, 0.5) is 20.2 Å². The maximum absolute atomic E-state index is 14.4. The number of aliphatic imine (C=N–C) groups is 1. The highest BCUT2D eigenvalue weighted by atomic mass is 19.2. The van der Waals surface area contributed by atoms with Gasteiger partial charge in [0, 0.05) is 43.0 Å². The normalized spacial score (nSPS) is 11.7. The van der Waals surface area contributed by atoms with E-state index >= 15 is 0 Å². The Morgan fingerprint density at radius 3 is 2.42 bits per heavy atom. The Bertz CT molecular complexity index is 1240. The molecule has 0 radical (unpaired) electrons. The lowest BCUT2D eigenvalue weighted by Crippen LogP contribution is -2.25. The van der Waals surface area contributed by atoms with Gasteiger partial charge in [-0.1, -0.05) is 19.9 Å². The van der Waals surface area contributed by atoms with Crippen molar-refractivity contribution in [3.05, 3.63) is 77.1 Å². The van der Waals surface area contributed by atoms with Crippen LogP contribution < -0.4 is 16.0 Å². The van der Waals surface area contributed by atoms with Crippen LogP contribution in [0.2, 0.25) is 0 Å². The number of nitrogens with zero attached hydrogens (tertiary/aromatic N) is 1. The minimum Gasteiger partial charge on any atom is -0.481 e. The van der Waals surface area contributed by atoms with E-state index in [2.05, 4.69) is 27.5 Å². The van der Waals surface area contributed by atoms with Crippen molar-refractivity contribution in [2.45, 2.75) is 52.9 Å². The summed E-state index contributed by atoms with van der Waals surface area (Å²) in [6, 6.07) is 8.37. The summed E-state index contributed by atoms with van der Waals surface area (Å²) in [5.41, 5.74) is 3.92. The predicted octanol–water partition coefficient (Wildman–Crippen LogP) is 6.39. The standard InChI is InChI=1S/C29H36F2N4O3/c1-6-21-16-22(11-12-24(21)29(38)33-15-9-7-8-10-26(36)37)35-20(4)19(3)34-17-18(2)23-13-14-25(32-5)28(31)27(23)30/h11-14,16-17,32,35H,4,6-10,15H2,1-3,5H3,(H,33,38)(H,36,37)/b18-17+,34-19?. The molecule has 0 aliphatic carbocycles. The van der Waals surface area contributed by atoms with Crippen LogP contribution >= 0.6 is 0 Å². The molecule has 0 aliphatic rings. The van der Waals surface area contributed by atoms with E-state index in [1.54, 1.807) is 26.0 Å². The van der Waals surface area contributed by atoms with Crippen LogP contribution in [0.25, 0.3) is 5.57 Å². The number of rotatable bonds is 14. The Labute approximate surface area is 222 Å². The van der Waals surface area contributed by atoms with Gasteiger partial charge in [-0.15, -0.1) is 0 Å². The summed E-state index contributed by atoms with van der Waals surface area (Å²) in [5.74, 6) is -2.86. The van der Waals surface area contributed by atoms with Crippen molar-refractivity contribution >= 4 is 34.5 Å². The molecule has 0 aromatic heterocycles. The second kappa shape index (κ2) is 14.7. The molecule has 2 aromatic carbocycles. The van der Waals surface area contributed by atoms with Gasteiger partial charge in [-0.05, 0) is 74.6 Å². The van der Waals surface area contributed by atoms with Crippen molar-refractivity contribution in [2.75, 3.05) is 24.2 Å². The minimum atomic E-state index is -0.941. The molecule has 0 saturated heterocycles. The monoisotopic (exact) mass is 526 g/mol. The van der Waals surface area contributed by atoms with Gasteiger partial charge in [0.1, 0.15) is 0 Å². The van der Waals surface area contributed by atoms with Crippen LogP contribution in [0, 0.1) is 11.6 Å². The SMILES string of the molecule is C=C(Nc1ccc(C(=O)NCCCCCC(=O)O)c(CC)c1)C(C)=N/C=C(\C)c1ccc(NC)c(F)c1F. The molecule has 0 heterocycles. The van der Waals surface area contributed by atoms with Crippen LogP contribution in [0.5, 0.6) is 0 Å². The second-order valence-electron chi connectivity index (χ2n) is 8.85. The summed E-state index contributed by atoms with van der Waals surface area (Å²) < 4.78 is 28.5. The van der Waals surface area contributed by atoms with E-state index in [1.165, 1.54) is 25.4 Å². The number of hydrogen-bond acceptors (Lipinski definition) is 5. The third kappa shape index (κ3) is 8.54. The van der Waals surface area contributed by atoms with Gasteiger partial charge in [0.2, 0.25) is 0 Å². The maximum atomic E-state index is 14.4. The number of carbonyl (C=O) groups is 2. The lowest BCUT2D eigenvalue weighted by atomic mass is 10.0. The molecule has 0 bridgehead atoms. The van der Waals surface area contributed by atoms with Gasteiger partial charge in [0.25, 0.3) is 5.91 Å². The van der Waals surface area contributed by atoms with Crippen LogP contribution in [-0.4, -0.2) is 36.3 Å². The van der Waals surface area contributed by atoms with E-state index in [0.29, 0.717) is 41.9 Å². The van der Waals surface area contributed by atoms with Gasteiger partial charge in [0.15, 0.2) is 11.6 Å². The van der Waals surface area contributed by atoms with E-state index in [1.807, 2.05) is 13.0 Å². The quantitative estimate of drug-likeness (QED) is 0.169. The van der Waals surface area contributed by atoms with Gasteiger partial charge in [-0.25, -0.2) is 8.78 Å². The van der Waals surface area contributed by atoms with Crippen molar-refractivity contribution in [3.8, 4) is 0 Å². The third-order valence-electron chi connectivity index (χ3n) is 6.04. The molecule has 0 saturated carbocycles. The molecule has 0 aliphatic heterocycles. The van der Waals surface area contributed by atoms with Crippen LogP contribution in [-0.2, 0) is 11.2 Å². The number of anilines is 2. The number of aliphatic carboxylic acids is 1. The van der Waals surface area contributed by atoms with E-state index in [-0.39, 0.29) is 23.6 Å². The molecular weight excluding hydrogens is 490 g/mol. The molecule has 2 aromatic rings. The average molecular weight is 527 g/mol. The molecule has 2 rings (SSSR count). The summed E-state index contributed by atoms with van der Waals surface area (Å²) in [7, 11) is 1.52. The van der Waals surface area contributed by atoms with Crippen LogP contribution in [0.1, 0.15) is 67.9 Å². The molecule has 0 unspecified atom stereocenters. The summed E-state index contributed by atoms with van der Waals surface area (Å²) in [4.78, 5) is 27.6. The Kier molecular flexibility index (Phi) is 11.7. The maximum Gasteiger partial charge on any atom is 0.303 e. The number of unbranched alkanes of at least 4 members (excludes halogenated alkanes) is 2. The van der Waals surface area contributed by atoms with Crippen LogP contribution in [0.15, 0.2) is 53.8 Å². The number of hydrogen-bond donors (Lipinski definition) is 4. The number of carbonyl (C=O) groups excluding carboxylic acids is 1. The molecule has 4 N–H and O–H groups in total. The first-order valence-corrected chi connectivity index (χ1v) is 12.6. The highest BCUT2D eigenvalue weighted by molar-refractivity contribution is 6.01. The Hall–Kier alpha value is -4.01. The lowest BCUT2D eigenvalue weighted by Gasteiger charge is -2.14. The number of halogens is 2. The van der Waals surface area contributed by atoms with Crippen molar-refractivity contribution in [3.63, 3.8) is 0 Å². The van der Waals surface area contributed by atoms with E-state index < -0.39 is 17.6 Å². The van der Waals surface area contributed by atoms with Gasteiger partial charge in [0.05, 0.1) is 17.1 Å². The fourth-order valence-electron chi connectivity index (χ4n) is 3.71. The first kappa shape index (κ1) is 30.2. The molecular formula is C29H36F2N4O3. The molecule has 0 atom stereocenters. The molecule has 204 valence electrons. The zero-order valence-corrected chi connectivity index (χ0v) is 22.4. The molecule has 0 spiro atoms. The summed E-state index contributed by atoms with van der Waals surface area (Å²) in [6.45, 7) is 9.86. The summed E-state index contributed by atoms with van der Waals surface area (Å²) in [5, 5.41) is 17.4. The third-order valence-corrected chi connectivity index (χ3v) is 6.04.